The van der Waals surface area contributed by atoms with Gasteiger partial charge in [-0.2, -0.15) is 0 Å². The SMILES string of the molecule is CCCCCCCCCO[C@H](C)Cc1ccc(-c2ccc(-c3ncc(CCCCCCCCC)cn3)cc2)cc1. The molecule has 0 spiro atoms. The number of nitrogens with zero attached hydrogens (tertiary/aromatic N) is 2. The van der Waals surface area contributed by atoms with E-state index in [9.17, 15) is 0 Å². The fraction of sp³-hybridized carbons (Fsp3) is 0.568. The van der Waals surface area contributed by atoms with Crippen molar-refractivity contribution >= 4 is 0 Å². The predicted molar refractivity (Wildman–Crippen MR) is 172 cm³/mol. The summed E-state index contributed by atoms with van der Waals surface area (Å²) in [6, 6.07) is 17.5. The van der Waals surface area contributed by atoms with E-state index in [1.807, 2.05) is 12.4 Å². The average Bonchev–Trinajstić information content (AvgIpc) is 2.99. The van der Waals surface area contributed by atoms with Crippen molar-refractivity contribution in [3.63, 3.8) is 0 Å². The zero-order valence-electron chi connectivity index (χ0n) is 25.7. The molecule has 1 heterocycles. The molecule has 3 heteroatoms. The van der Waals surface area contributed by atoms with E-state index in [1.54, 1.807) is 0 Å². The summed E-state index contributed by atoms with van der Waals surface area (Å²) in [5.74, 6) is 0.802. The monoisotopic (exact) mass is 542 g/mol. The van der Waals surface area contributed by atoms with Crippen LogP contribution in [0.25, 0.3) is 22.5 Å². The fourth-order valence-corrected chi connectivity index (χ4v) is 5.30. The van der Waals surface area contributed by atoms with Gasteiger partial charge >= 0.3 is 0 Å². The lowest BCUT2D eigenvalue weighted by molar-refractivity contribution is 0.0635. The van der Waals surface area contributed by atoms with E-state index < -0.39 is 0 Å². The Kier molecular flexibility index (Phi) is 15.6. The number of ether oxygens (including phenoxy) is 1. The molecule has 0 radical (unpaired) electrons. The maximum atomic E-state index is 6.08. The lowest BCUT2D eigenvalue weighted by Gasteiger charge is -2.13. The highest BCUT2D eigenvalue weighted by Crippen LogP contribution is 2.24. The molecule has 0 saturated heterocycles. The minimum Gasteiger partial charge on any atom is -0.378 e. The Labute approximate surface area is 245 Å². The van der Waals surface area contributed by atoms with Crippen molar-refractivity contribution in [2.24, 2.45) is 0 Å². The first-order chi connectivity index (χ1) is 19.7. The second-order valence-corrected chi connectivity index (χ2v) is 11.6. The molecule has 1 atom stereocenters. The Morgan fingerprint density at radius 3 is 1.60 bits per heavy atom. The van der Waals surface area contributed by atoms with E-state index in [0.717, 1.165) is 30.8 Å². The maximum absolute atomic E-state index is 6.08. The largest absolute Gasteiger partial charge is 0.378 e. The lowest BCUT2D eigenvalue weighted by atomic mass is 10.0. The molecular weight excluding hydrogens is 488 g/mol. The summed E-state index contributed by atoms with van der Waals surface area (Å²) in [6.45, 7) is 7.61. The van der Waals surface area contributed by atoms with Gasteiger partial charge in [0.15, 0.2) is 5.82 Å². The Balaban J connectivity index is 1.38. The second-order valence-electron chi connectivity index (χ2n) is 11.6. The summed E-state index contributed by atoms with van der Waals surface area (Å²) in [4.78, 5) is 9.31. The molecule has 0 aliphatic rings. The molecule has 0 aliphatic heterocycles. The molecule has 2 aromatic carbocycles. The summed E-state index contributed by atoms with van der Waals surface area (Å²) in [6.07, 6.45) is 24.9. The van der Waals surface area contributed by atoms with Crippen LogP contribution in [0.4, 0.5) is 0 Å². The highest BCUT2D eigenvalue weighted by Gasteiger charge is 2.07. The van der Waals surface area contributed by atoms with Crippen LogP contribution in [0.2, 0.25) is 0 Å². The van der Waals surface area contributed by atoms with Crippen molar-refractivity contribution in [1.82, 2.24) is 9.97 Å². The molecule has 0 unspecified atom stereocenters. The van der Waals surface area contributed by atoms with E-state index in [1.165, 1.54) is 112 Å². The Hall–Kier alpha value is -2.52. The summed E-state index contributed by atoms with van der Waals surface area (Å²) >= 11 is 0. The predicted octanol–water partition coefficient (Wildman–Crippen LogP) is 10.8. The molecule has 0 aliphatic carbocycles. The number of benzene rings is 2. The van der Waals surface area contributed by atoms with Gasteiger partial charge in [-0.05, 0) is 54.9 Å². The van der Waals surface area contributed by atoms with Crippen LogP contribution in [0.1, 0.15) is 122 Å². The second kappa shape index (κ2) is 19.5. The van der Waals surface area contributed by atoms with Gasteiger partial charge < -0.3 is 4.74 Å². The van der Waals surface area contributed by atoms with Crippen LogP contribution in [0.15, 0.2) is 60.9 Å². The van der Waals surface area contributed by atoms with E-state index in [-0.39, 0.29) is 6.10 Å². The van der Waals surface area contributed by atoms with E-state index in [4.69, 9.17) is 4.74 Å². The topological polar surface area (TPSA) is 35.0 Å². The molecule has 0 N–H and O–H groups in total. The molecule has 3 rings (SSSR count). The summed E-state index contributed by atoms with van der Waals surface area (Å²) in [5.41, 5.74) is 6.09. The smallest absolute Gasteiger partial charge is 0.159 e. The van der Waals surface area contributed by atoms with Crippen molar-refractivity contribution in [2.75, 3.05) is 6.61 Å². The van der Waals surface area contributed by atoms with Gasteiger partial charge in [0.25, 0.3) is 0 Å². The summed E-state index contributed by atoms with van der Waals surface area (Å²) in [5, 5.41) is 0. The zero-order chi connectivity index (χ0) is 28.3. The Morgan fingerprint density at radius 1 is 0.550 bits per heavy atom. The van der Waals surface area contributed by atoms with Crippen LogP contribution in [0, 0.1) is 0 Å². The van der Waals surface area contributed by atoms with Crippen LogP contribution >= 0.6 is 0 Å². The third-order valence-corrected chi connectivity index (χ3v) is 7.88. The maximum Gasteiger partial charge on any atom is 0.159 e. The fourth-order valence-electron chi connectivity index (χ4n) is 5.30. The Bertz CT molecular complexity index is 1030. The molecule has 0 bridgehead atoms. The minimum atomic E-state index is 0.257. The molecule has 218 valence electrons. The van der Waals surface area contributed by atoms with Crippen LogP contribution in [0.3, 0.4) is 0 Å². The number of aromatic nitrogens is 2. The highest BCUT2D eigenvalue weighted by molar-refractivity contribution is 5.67. The van der Waals surface area contributed by atoms with Crippen molar-refractivity contribution in [1.29, 1.82) is 0 Å². The number of aryl methyl sites for hydroxylation is 1. The van der Waals surface area contributed by atoms with Crippen LogP contribution in [-0.4, -0.2) is 22.7 Å². The van der Waals surface area contributed by atoms with Crippen LogP contribution < -0.4 is 0 Å². The van der Waals surface area contributed by atoms with Gasteiger partial charge in [0.2, 0.25) is 0 Å². The molecular formula is C37H54N2O. The first-order valence-corrected chi connectivity index (χ1v) is 16.3. The highest BCUT2D eigenvalue weighted by atomic mass is 16.5. The van der Waals surface area contributed by atoms with Crippen LogP contribution in [0.5, 0.6) is 0 Å². The molecule has 3 aromatic rings. The van der Waals surface area contributed by atoms with Gasteiger partial charge in [-0.15, -0.1) is 0 Å². The van der Waals surface area contributed by atoms with Gasteiger partial charge in [0.1, 0.15) is 0 Å². The number of rotatable bonds is 21. The van der Waals surface area contributed by atoms with E-state index in [2.05, 4.69) is 79.3 Å². The first kappa shape index (κ1) is 32.0. The normalized spacial score (nSPS) is 12.1. The lowest BCUT2D eigenvalue weighted by Crippen LogP contribution is -2.12. The molecule has 0 fully saturated rings. The van der Waals surface area contributed by atoms with Gasteiger partial charge in [-0.1, -0.05) is 139 Å². The Morgan fingerprint density at radius 2 is 1.02 bits per heavy atom. The van der Waals surface area contributed by atoms with Gasteiger partial charge in [-0.25, -0.2) is 9.97 Å². The molecule has 0 saturated carbocycles. The van der Waals surface area contributed by atoms with Crippen LogP contribution in [-0.2, 0) is 17.6 Å². The van der Waals surface area contributed by atoms with E-state index in [0.29, 0.717) is 0 Å². The quantitative estimate of drug-likeness (QED) is 0.126. The summed E-state index contributed by atoms with van der Waals surface area (Å²) in [7, 11) is 0. The first-order valence-electron chi connectivity index (χ1n) is 16.3. The van der Waals surface area contributed by atoms with Crippen molar-refractivity contribution in [2.45, 2.75) is 130 Å². The van der Waals surface area contributed by atoms with Gasteiger partial charge in [-0.3, -0.25) is 0 Å². The average molecular weight is 543 g/mol. The number of hydrogen-bond donors (Lipinski definition) is 0. The molecule has 40 heavy (non-hydrogen) atoms. The van der Waals surface area contributed by atoms with Crippen molar-refractivity contribution in [3.05, 3.63) is 72.1 Å². The van der Waals surface area contributed by atoms with Crippen molar-refractivity contribution in [3.8, 4) is 22.5 Å². The minimum absolute atomic E-state index is 0.257. The van der Waals surface area contributed by atoms with Gasteiger partial charge in [0.05, 0.1) is 6.10 Å². The molecule has 1 aromatic heterocycles. The third-order valence-electron chi connectivity index (χ3n) is 7.88. The van der Waals surface area contributed by atoms with E-state index >= 15 is 0 Å². The molecule has 0 amide bonds. The number of hydrogen-bond acceptors (Lipinski definition) is 3. The zero-order valence-corrected chi connectivity index (χ0v) is 25.7. The summed E-state index contributed by atoms with van der Waals surface area (Å²) < 4.78 is 6.08. The number of unbranched alkanes of at least 4 members (excludes halogenated alkanes) is 12. The van der Waals surface area contributed by atoms with Gasteiger partial charge in [0, 0.05) is 24.6 Å². The van der Waals surface area contributed by atoms with Crippen molar-refractivity contribution < 1.29 is 4.74 Å². The molecule has 3 nitrogen and oxygen atoms in total. The third kappa shape index (κ3) is 12.3. The standard InChI is InChI=1S/C37H54N2O/c1-4-6-8-10-12-14-16-18-33-29-38-37(39-30-33)36-25-23-35(24-26-36)34-21-19-32(20-22-34)28-31(3)40-27-17-15-13-11-9-7-5-2/h19-26,29-31H,4-18,27-28H2,1-3H3/t31-/m1/s1.